The molecule has 7 nitrogen and oxygen atoms in total. The fourth-order valence-corrected chi connectivity index (χ4v) is 4.99. The molecule has 0 unspecified atom stereocenters. The second-order valence-corrected chi connectivity index (χ2v) is 8.87. The molecule has 3 aliphatic rings. The van der Waals surface area contributed by atoms with Crippen LogP contribution in [-0.4, -0.2) is 40.4 Å². The van der Waals surface area contributed by atoms with Gasteiger partial charge in [-0.25, -0.2) is 4.39 Å². The number of carbonyl (C=O) groups excluding carboxylic acids is 1. The normalized spacial score (nSPS) is 23.5. The molecule has 0 spiro atoms. The Morgan fingerprint density at radius 2 is 1.82 bits per heavy atom. The maximum atomic E-state index is 15.1. The predicted octanol–water partition coefficient (Wildman–Crippen LogP) is 2.86. The van der Waals surface area contributed by atoms with Crippen molar-refractivity contribution in [1.82, 2.24) is 9.58 Å². The lowest BCUT2D eigenvalue weighted by Gasteiger charge is -2.44. The van der Waals surface area contributed by atoms with Gasteiger partial charge in [0.15, 0.2) is 23.0 Å². The van der Waals surface area contributed by atoms with Crippen molar-refractivity contribution in [2.75, 3.05) is 24.8 Å². The molecule has 0 radical (unpaired) electrons. The number of ether oxygens (including phenoxy) is 1. The zero-order chi connectivity index (χ0) is 22.7. The van der Waals surface area contributed by atoms with E-state index in [1.807, 2.05) is 41.4 Å². The molecule has 3 aromatic rings. The summed E-state index contributed by atoms with van der Waals surface area (Å²) in [4.78, 5) is 27.2. The molecule has 0 saturated heterocycles. The van der Waals surface area contributed by atoms with Crippen molar-refractivity contribution >= 4 is 5.91 Å². The predicted molar refractivity (Wildman–Crippen MR) is 118 cm³/mol. The number of para-hydroxylation sites is 1. The third-order valence-electron chi connectivity index (χ3n) is 6.81. The van der Waals surface area contributed by atoms with Gasteiger partial charge in [-0.3, -0.25) is 19.3 Å². The van der Waals surface area contributed by atoms with Gasteiger partial charge in [-0.2, -0.15) is 0 Å². The standard InChI is InChI=1S/C25H22FN3O4/c26-19-8-4-7-18-21(15-5-2-1-3-6-15)29-14-27(12-16-11-17(16)13-33-24(18)19)25(32)22-23(31)20(30)9-10-28(22)29/h1-10,16-17,21,31H,11-14H2/t16-,17-,21-/m0/s1. The number of aromatic nitrogens is 1. The second kappa shape index (κ2) is 7.37. The molecule has 2 aromatic carbocycles. The van der Waals surface area contributed by atoms with Crippen LogP contribution in [0.4, 0.5) is 4.39 Å². The Labute approximate surface area is 189 Å². The molecule has 1 amide bonds. The molecule has 3 heterocycles. The molecule has 2 aliphatic heterocycles. The van der Waals surface area contributed by atoms with E-state index in [0.717, 1.165) is 12.0 Å². The van der Waals surface area contributed by atoms with Gasteiger partial charge >= 0.3 is 0 Å². The quantitative estimate of drug-likeness (QED) is 0.621. The van der Waals surface area contributed by atoms with Crippen LogP contribution in [0.5, 0.6) is 11.5 Å². The third-order valence-corrected chi connectivity index (χ3v) is 6.81. The smallest absolute Gasteiger partial charge is 0.277 e. The molecule has 3 atom stereocenters. The Morgan fingerprint density at radius 3 is 2.64 bits per heavy atom. The largest absolute Gasteiger partial charge is 0.502 e. The molecule has 1 N–H and O–H groups in total. The molecule has 1 aliphatic carbocycles. The summed E-state index contributed by atoms with van der Waals surface area (Å²) < 4.78 is 22.6. The van der Waals surface area contributed by atoms with Crippen molar-refractivity contribution < 1.29 is 19.0 Å². The fourth-order valence-electron chi connectivity index (χ4n) is 4.99. The average Bonchev–Trinajstić information content (AvgIpc) is 3.56. The highest BCUT2D eigenvalue weighted by molar-refractivity contribution is 5.96. The third kappa shape index (κ3) is 3.16. The summed E-state index contributed by atoms with van der Waals surface area (Å²) in [7, 11) is 0. The van der Waals surface area contributed by atoms with E-state index in [1.54, 1.807) is 11.0 Å². The maximum Gasteiger partial charge on any atom is 0.277 e. The van der Waals surface area contributed by atoms with E-state index in [1.165, 1.54) is 23.0 Å². The molecule has 2 bridgehead atoms. The highest BCUT2D eigenvalue weighted by Gasteiger charge is 2.44. The molecule has 1 saturated carbocycles. The highest BCUT2D eigenvalue weighted by Crippen LogP contribution is 2.44. The van der Waals surface area contributed by atoms with E-state index in [4.69, 9.17) is 4.74 Å². The Hall–Kier alpha value is -3.81. The summed E-state index contributed by atoms with van der Waals surface area (Å²) in [6, 6.07) is 15.1. The van der Waals surface area contributed by atoms with Crippen molar-refractivity contribution in [2.24, 2.45) is 11.8 Å². The zero-order valence-electron chi connectivity index (χ0n) is 17.7. The van der Waals surface area contributed by atoms with E-state index in [-0.39, 0.29) is 29.9 Å². The van der Waals surface area contributed by atoms with Crippen molar-refractivity contribution in [3.63, 3.8) is 0 Å². The second-order valence-electron chi connectivity index (χ2n) is 8.87. The van der Waals surface area contributed by atoms with E-state index in [0.29, 0.717) is 18.7 Å². The molecular weight excluding hydrogens is 425 g/mol. The van der Waals surface area contributed by atoms with Gasteiger partial charge in [0.25, 0.3) is 5.91 Å². The summed E-state index contributed by atoms with van der Waals surface area (Å²) in [6.45, 7) is 1.07. The first kappa shape index (κ1) is 19.8. The van der Waals surface area contributed by atoms with Crippen molar-refractivity contribution in [3.8, 4) is 11.5 Å². The van der Waals surface area contributed by atoms with Crippen LogP contribution in [-0.2, 0) is 0 Å². The lowest BCUT2D eigenvalue weighted by molar-refractivity contribution is 0.0667. The Morgan fingerprint density at radius 1 is 1.00 bits per heavy atom. The number of hydrogen-bond donors (Lipinski definition) is 1. The van der Waals surface area contributed by atoms with Gasteiger partial charge in [-0.1, -0.05) is 42.5 Å². The fraction of sp³-hybridized carbons (Fsp3) is 0.280. The molecule has 6 rings (SSSR count). The highest BCUT2D eigenvalue weighted by atomic mass is 19.1. The van der Waals surface area contributed by atoms with Crippen molar-refractivity contribution in [1.29, 1.82) is 0 Å². The minimum Gasteiger partial charge on any atom is -0.502 e. The minimum absolute atomic E-state index is 0.0787. The number of rotatable bonds is 1. The Kier molecular flexibility index (Phi) is 4.43. The number of hydrogen-bond acceptors (Lipinski definition) is 5. The molecule has 33 heavy (non-hydrogen) atoms. The zero-order valence-corrected chi connectivity index (χ0v) is 17.7. The van der Waals surface area contributed by atoms with Crippen LogP contribution in [0.25, 0.3) is 0 Å². The van der Waals surface area contributed by atoms with Gasteiger partial charge < -0.3 is 14.7 Å². The number of benzene rings is 2. The number of halogens is 1. The van der Waals surface area contributed by atoms with Gasteiger partial charge in [0.2, 0.25) is 5.43 Å². The maximum absolute atomic E-state index is 15.1. The van der Waals surface area contributed by atoms with Crippen molar-refractivity contribution in [3.05, 3.63) is 93.7 Å². The van der Waals surface area contributed by atoms with Crippen LogP contribution < -0.4 is 15.2 Å². The van der Waals surface area contributed by atoms with Gasteiger partial charge in [0.1, 0.15) is 12.7 Å². The Bertz CT molecular complexity index is 1310. The van der Waals surface area contributed by atoms with Gasteiger partial charge in [-0.15, -0.1) is 0 Å². The van der Waals surface area contributed by atoms with Crippen molar-refractivity contribution in [2.45, 2.75) is 12.5 Å². The summed E-state index contributed by atoms with van der Waals surface area (Å²) in [5, 5.41) is 12.5. The van der Waals surface area contributed by atoms with Gasteiger partial charge in [-0.05, 0) is 29.9 Å². The number of pyridine rings is 1. The van der Waals surface area contributed by atoms with Crippen LogP contribution >= 0.6 is 0 Å². The summed E-state index contributed by atoms with van der Waals surface area (Å²) in [6.07, 6.45) is 2.37. The van der Waals surface area contributed by atoms with E-state index in [2.05, 4.69) is 0 Å². The average molecular weight is 447 g/mol. The molecular formula is C25H22FN3O4. The molecule has 1 aromatic heterocycles. The molecule has 1 fully saturated rings. The number of fused-ring (bicyclic) bond motifs is 6. The van der Waals surface area contributed by atoms with E-state index < -0.39 is 28.9 Å². The topological polar surface area (TPSA) is 75.0 Å². The summed E-state index contributed by atoms with van der Waals surface area (Å²) >= 11 is 0. The number of amides is 1. The first-order chi connectivity index (χ1) is 16.0. The monoisotopic (exact) mass is 447 g/mol. The van der Waals surface area contributed by atoms with Crippen LogP contribution in [0.2, 0.25) is 0 Å². The number of aromatic hydroxyl groups is 1. The summed E-state index contributed by atoms with van der Waals surface area (Å²) in [5.74, 6) is -0.781. The van der Waals surface area contributed by atoms with Crippen LogP contribution in [0.1, 0.15) is 34.1 Å². The van der Waals surface area contributed by atoms with E-state index >= 15 is 4.39 Å². The van der Waals surface area contributed by atoms with E-state index in [9.17, 15) is 14.7 Å². The molecule has 8 heteroatoms. The first-order valence-electron chi connectivity index (χ1n) is 11.0. The number of carbonyl (C=O) groups is 1. The molecule has 168 valence electrons. The lowest BCUT2D eigenvalue weighted by Crippen LogP contribution is -2.55. The summed E-state index contributed by atoms with van der Waals surface area (Å²) in [5.41, 5.74) is 0.774. The SMILES string of the molecule is O=C1c2c(O)c(=O)ccn2N2CN1C[C@@H]1C[C@H]1COc1c(F)cccc1[C@@H]2c1ccccc1. The number of nitrogens with zero attached hydrogens (tertiary/aromatic N) is 3. The first-order valence-corrected chi connectivity index (χ1v) is 11.0. The van der Waals surface area contributed by atoms with Gasteiger partial charge in [0.05, 0.1) is 6.61 Å². The minimum atomic E-state index is -0.615. The lowest BCUT2D eigenvalue weighted by atomic mass is 9.96. The van der Waals surface area contributed by atoms with Crippen LogP contribution in [0, 0.1) is 17.7 Å². The van der Waals surface area contributed by atoms with Crippen LogP contribution in [0.15, 0.2) is 65.6 Å². The Balaban J connectivity index is 1.63. The van der Waals surface area contributed by atoms with Crippen LogP contribution in [0.3, 0.4) is 0 Å². The van der Waals surface area contributed by atoms with Gasteiger partial charge in [0, 0.05) is 24.4 Å².